The molecule has 0 fully saturated rings. The number of amides is 1. The number of aryl methyl sites for hydroxylation is 1. The molecule has 0 radical (unpaired) electrons. The molecule has 0 aliphatic rings. The summed E-state index contributed by atoms with van der Waals surface area (Å²) in [6, 6.07) is 8.99. The number of halogens is 3. The third kappa shape index (κ3) is 4.30. The van der Waals surface area contributed by atoms with Gasteiger partial charge in [-0.1, -0.05) is 11.2 Å². The number of nitrogens with one attached hydrogen (secondary N) is 1. The third-order valence-corrected chi connectivity index (χ3v) is 3.87. The monoisotopic (exact) mass is 360 g/mol. The van der Waals surface area contributed by atoms with E-state index in [0.29, 0.717) is 23.2 Å². The van der Waals surface area contributed by atoms with Crippen molar-refractivity contribution in [3.05, 3.63) is 77.3 Å². The molecular weight excluding hydrogens is 345 g/mol. The number of rotatable bonds is 6. The van der Waals surface area contributed by atoms with E-state index >= 15 is 0 Å². The minimum atomic E-state index is -0.706. The largest absolute Gasteiger partial charge is 0.364 e. The Morgan fingerprint density at radius 1 is 1.00 bits per heavy atom. The molecule has 0 aliphatic heterocycles. The first-order chi connectivity index (χ1) is 12.5. The van der Waals surface area contributed by atoms with Gasteiger partial charge in [0.15, 0.2) is 0 Å². The van der Waals surface area contributed by atoms with Gasteiger partial charge in [0.05, 0.1) is 0 Å². The molecule has 3 rings (SSSR count). The van der Waals surface area contributed by atoms with Crippen molar-refractivity contribution in [2.45, 2.75) is 19.4 Å². The molecule has 0 spiro atoms. The molecule has 26 heavy (non-hydrogen) atoms. The van der Waals surface area contributed by atoms with Crippen molar-refractivity contribution in [2.24, 2.45) is 0 Å². The Bertz CT molecular complexity index is 907. The summed E-state index contributed by atoms with van der Waals surface area (Å²) in [5, 5.41) is 6.48. The summed E-state index contributed by atoms with van der Waals surface area (Å²) in [6.45, 7) is -0.0284. The van der Waals surface area contributed by atoms with Gasteiger partial charge in [-0.15, -0.1) is 0 Å². The van der Waals surface area contributed by atoms with Crippen LogP contribution in [-0.4, -0.2) is 11.1 Å². The predicted octanol–water partition coefficient (Wildman–Crippen LogP) is 4.01. The van der Waals surface area contributed by atoms with E-state index in [0.717, 1.165) is 12.1 Å². The van der Waals surface area contributed by atoms with Crippen molar-refractivity contribution in [1.82, 2.24) is 10.5 Å². The minimum Gasteiger partial charge on any atom is -0.364 e. The van der Waals surface area contributed by atoms with Gasteiger partial charge in [0.2, 0.25) is 5.91 Å². The Morgan fingerprint density at radius 2 is 1.73 bits per heavy atom. The van der Waals surface area contributed by atoms with Crippen LogP contribution in [0.3, 0.4) is 0 Å². The Morgan fingerprint density at radius 3 is 2.46 bits per heavy atom. The quantitative estimate of drug-likeness (QED) is 0.723. The normalized spacial score (nSPS) is 10.7. The standard InChI is InChI=1S/C19H15F3N2O2/c20-15-5-1-12(2-6-15)19-14(11-26-24-19)4-8-18(25)23-10-13-3-7-16(21)9-17(13)22/h1-3,5-7,9,11H,4,8,10H2,(H,23,25). The van der Waals surface area contributed by atoms with Gasteiger partial charge in [0, 0.05) is 35.7 Å². The Kier molecular flexibility index (Phi) is 5.36. The van der Waals surface area contributed by atoms with Crippen molar-refractivity contribution in [3.8, 4) is 11.3 Å². The van der Waals surface area contributed by atoms with Crippen molar-refractivity contribution in [2.75, 3.05) is 0 Å². The van der Waals surface area contributed by atoms with E-state index in [9.17, 15) is 18.0 Å². The lowest BCUT2D eigenvalue weighted by molar-refractivity contribution is -0.121. The fourth-order valence-electron chi connectivity index (χ4n) is 2.48. The maximum absolute atomic E-state index is 13.5. The summed E-state index contributed by atoms with van der Waals surface area (Å²) in [4.78, 5) is 12.0. The Hall–Kier alpha value is -3.09. The van der Waals surface area contributed by atoms with Crippen LogP contribution in [0.1, 0.15) is 17.5 Å². The van der Waals surface area contributed by atoms with E-state index in [2.05, 4.69) is 10.5 Å². The van der Waals surface area contributed by atoms with Crippen molar-refractivity contribution >= 4 is 5.91 Å². The molecule has 0 bridgehead atoms. The molecule has 1 amide bonds. The maximum atomic E-state index is 13.5. The zero-order valence-corrected chi connectivity index (χ0v) is 13.6. The smallest absolute Gasteiger partial charge is 0.220 e. The number of carbonyl (C=O) groups is 1. The van der Waals surface area contributed by atoms with Gasteiger partial charge >= 0.3 is 0 Å². The lowest BCUT2D eigenvalue weighted by Crippen LogP contribution is -2.23. The van der Waals surface area contributed by atoms with Gasteiger partial charge in [0.1, 0.15) is 29.4 Å². The van der Waals surface area contributed by atoms with Crippen LogP contribution >= 0.6 is 0 Å². The summed E-state index contributed by atoms with van der Waals surface area (Å²) in [5.41, 5.74) is 2.14. The summed E-state index contributed by atoms with van der Waals surface area (Å²) in [7, 11) is 0. The van der Waals surface area contributed by atoms with E-state index in [1.165, 1.54) is 24.5 Å². The lowest BCUT2D eigenvalue weighted by Gasteiger charge is -2.06. The van der Waals surface area contributed by atoms with Crippen LogP contribution in [0, 0.1) is 17.5 Å². The topological polar surface area (TPSA) is 55.1 Å². The maximum Gasteiger partial charge on any atom is 0.220 e. The molecule has 4 nitrogen and oxygen atoms in total. The molecule has 134 valence electrons. The highest BCUT2D eigenvalue weighted by Crippen LogP contribution is 2.23. The Balaban J connectivity index is 1.57. The van der Waals surface area contributed by atoms with E-state index < -0.39 is 11.6 Å². The predicted molar refractivity (Wildman–Crippen MR) is 88.4 cm³/mol. The van der Waals surface area contributed by atoms with Crippen molar-refractivity contribution in [3.63, 3.8) is 0 Å². The molecule has 7 heteroatoms. The van der Waals surface area contributed by atoms with Crippen LogP contribution in [0.2, 0.25) is 0 Å². The molecule has 1 heterocycles. The molecule has 1 N–H and O–H groups in total. The first-order valence-corrected chi connectivity index (χ1v) is 7.93. The molecule has 1 aromatic heterocycles. The minimum absolute atomic E-state index is 0.0284. The number of aromatic nitrogens is 1. The van der Waals surface area contributed by atoms with Gasteiger partial charge in [0.25, 0.3) is 0 Å². The highest BCUT2D eigenvalue weighted by Gasteiger charge is 2.13. The van der Waals surface area contributed by atoms with E-state index in [-0.39, 0.29) is 30.3 Å². The zero-order chi connectivity index (χ0) is 18.5. The van der Waals surface area contributed by atoms with Gasteiger partial charge in [-0.3, -0.25) is 4.79 Å². The molecule has 0 saturated carbocycles. The lowest BCUT2D eigenvalue weighted by atomic mass is 10.0. The van der Waals surface area contributed by atoms with E-state index in [1.54, 1.807) is 12.1 Å². The summed E-state index contributed by atoms with van der Waals surface area (Å²) in [5.74, 6) is -2.02. The van der Waals surface area contributed by atoms with E-state index in [1.807, 2.05) is 0 Å². The van der Waals surface area contributed by atoms with Crippen LogP contribution < -0.4 is 5.32 Å². The van der Waals surface area contributed by atoms with Gasteiger partial charge < -0.3 is 9.84 Å². The van der Waals surface area contributed by atoms with Crippen LogP contribution in [-0.2, 0) is 17.8 Å². The van der Waals surface area contributed by atoms with E-state index in [4.69, 9.17) is 4.52 Å². The second kappa shape index (κ2) is 7.86. The van der Waals surface area contributed by atoms with Crippen LogP contribution in [0.5, 0.6) is 0 Å². The number of hydrogen-bond donors (Lipinski definition) is 1. The first kappa shape index (κ1) is 17.7. The van der Waals surface area contributed by atoms with Crippen LogP contribution in [0.15, 0.2) is 53.3 Å². The zero-order valence-electron chi connectivity index (χ0n) is 13.6. The van der Waals surface area contributed by atoms with Crippen LogP contribution in [0.4, 0.5) is 13.2 Å². The average molecular weight is 360 g/mol. The highest BCUT2D eigenvalue weighted by atomic mass is 19.1. The molecule has 2 aromatic carbocycles. The number of nitrogens with zero attached hydrogens (tertiary/aromatic N) is 1. The fraction of sp³-hybridized carbons (Fsp3) is 0.158. The second-order valence-corrected chi connectivity index (χ2v) is 5.71. The average Bonchev–Trinajstić information content (AvgIpc) is 3.08. The van der Waals surface area contributed by atoms with Crippen LogP contribution in [0.25, 0.3) is 11.3 Å². The van der Waals surface area contributed by atoms with Gasteiger partial charge in [-0.25, -0.2) is 13.2 Å². The molecule has 0 unspecified atom stereocenters. The molecule has 0 aliphatic carbocycles. The molecule has 0 atom stereocenters. The Labute approximate surface area is 147 Å². The van der Waals surface area contributed by atoms with Gasteiger partial charge in [-0.05, 0) is 36.8 Å². The highest BCUT2D eigenvalue weighted by molar-refractivity contribution is 5.76. The number of hydrogen-bond acceptors (Lipinski definition) is 3. The fourth-order valence-corrected chi connectivity index (χ4v) is 2.48. The first-order valence-electron chi connectivity index (χ1n) is 7.93. The molecular formula is C19H15F3N2O2. The summed E-state index contributed by atoms with van der Waals surface area (Å²) < 4.78 is 44.4. The molecule has 0 saturated heterocycles. The SMILES string of the molecule is O=C(CCc1conc1-c1ccc(F)cc1)NCc1ccc(F)cc1F. The summed E-state index contributed by atoms with van der Waals surface area (Å²) in [6.07, 6.45) is 1.93. The third-order valence-electron chi connectivity index (χ3n) is 3.87. The number of carbonyl (C=O) groups excluding carboxylic acids is 1. The number of benzene rings is 2. The van der Waals surface area contributed by atoms with Gasteiger partial charge in [-0.2, -0.15) is 0 Å². The van der Waals surface area contributed by atoms with Crippen molar-refractivity contribution in [1.29, 1.82) is 0 Å². The van der Waals surface area contributed by atoms with Crippen molar-refractivity contribution < 1.29 is 22.5 Å². The second-order valence-electron chi connectivity index (χ2n) is 5.71. The molecule has 3 aromatic rings. The summed E-state index contributed by atoms with van der Waals surface area (Å²) >= 11 is 0.